The van der Waals surface area contributed by atoms with Crippen LogP contribution >= 0.6 is 15.9 Å². The van der Waals surface area contributed by atoms with Crippen LogP contribution in [0.3, 0.4) is 0 Å². The van der Waals surface area contributed by atoms with E-state index in [0.717, 1.165) is 6.54 Å². The minimum absolute atomic E-state index is 0.254. The number of hydrogen-bond donors (Lipinski definition) is 0. The Hall–Kier alpha value is 0.370. The number of alkyl halides is 2. The van der Waals surface area contributed by atoms with Crippen LogP contribution in [0.25, 0.3) is 0 Å². The first kappa shape index (κ1) is 9.37. The fraction of sp³-hybridized carbons (Fsp3) is 1.00. The van der Waals surface area contributed by atoms with Crippen molar-refractivity contribution in [2.24, 2.45) is 0 Å². The van der Waals surface area contributed by atoms with Crippen LogP contribution in [0.15, 0.2) is 0 Å². The summed E-state index contributed by atoms with van der Waals surface area (Å²) in [7, 11) is 1.91. The van der Waals surface area contributed by atoms with Gasteiger partial charge in [-0.15, -0.1) is 0 Å². The van der Waals surface area contributed by atoms with Crippen molar-refractivity contribution in [2.75, 3.05) is 26.8 Å². The largest absolute Gasteiger partial charge is 0.303 e. The topological polar surface area (TPSA) is 3.24 Å². The molecule has 0 rings (SSSR count). The summed E-state index contributed by atoms with van der Waals surface area (Å²) in [6.45, 7) is 3.24. The molecule has 0 aliphatic heterocycles. The van der Waals surface area contributed by atoms with Gasteiger partial charge in [0, 0.05) is 17.9 Å². The van der Waals surface area contributed by atoms with Crippen LogP contribution in [0.1, 0.15) is 6.92 Å². The molecule has 0 aliphatic rings. The highest BCUT2D eigenvalue weighted by atomic mass is 79.9. The third-order valence-corrected chi connectivity index (χ3v) is 1.32. The van der Waals surface area contributed by atoms with Gasteiger partial charge >= 0.3 is 0 Å². The van der Waals surface area contributed by atoms with Gasteiger partial charge in [-0.2, -0.15) is 0 Å². The smallest absolute Gasteiger partial charge is 0.102 e. The third kappa shape index (κ3) is 6.25. The van der Waals surface area contributed by atoms with Crippen LogP contribution in [-0.4, -0.2) is 36.5 Å². The lowest BCUT2D eigenvalue weighted by molar-refractivity contribution is 0.299. The van der Waals surface area contributed by atoms with E-state index in [-0.39, 0.29) is 6.67 Å². The molecule has 0 aromatic rings. The van der Waals surface area contributed by atoms with E-state index in [1.165, 1.54) is 0 Å². The first-order valence-corrected chi connectivity index (χ1v) is 3.97. The molecular weight excluding hydrogens is 185 g/mol. The van der Waals surface area contributed by atoms with Crippen molar-refractivity contribution in [1.29, 1.82) is 0 Å². The summed E-state index contributed by atoms with van der Waals surface area (Å²) >= 11 is 3.38. The van der Waals surface area contributed by atoms with Gasteiger partial charge in [-0.3, -0.25) is 0 Å². The van der Waals surface area contributed by atoms with Crippen molar-refractivity contribution in [2.45, 2.75) is 11.8 Å². The standard InChI is InChI=1S/C6H13BrFN/c1-6(7)5-9(2)4-3-8/h6H,3-5H2,1-2H3. The summed E-state index contributed by atoms with van der Waals surface area (Å²) in [5.41, 5.74) is 0. The molecule has 56 valence electrons. The number of rotatable bonds is 4. The molecule has 9 heavy (non-hydrogen) atoms. The lowest BCUT2D eigenvalue weighted by Gasteiger charge is -2.15. The average molecular weight is 198 g/mol. The molecule has 1 unspecified atom stereocenters. The number of hydrogen-bond acceptors (Lipinski definition) is 1. The summed E-state index contributed by atoms with van der Waals surface area (Å²) in [5, 5.41) is 0. The summed E-state index contributed by atoms with van der Waals surface area (Å²) in [5.74, 6) is 0. The lowest BCUT2D eigenvalue weighted by atomic mass is 10.4. The first-order valence-electron chi connectivity index (χ1n) is 3.05. The van der Waals surface area contributed by atoms with Gasteiger partial charge < -0.3 is 4.90 Å². The predicted octanol–water partition coefficient (Wildman–Crippen LogP) is 1.67. The molecule has 0 aromatic heterocycles. The van der Waals surface area contributed by atoms with Crippen molar-refractivity contribution >= 4 is 15.9 Å². The van der Waals surface area contributed by atoms with Crippen LogP contribution in [0.4, 0.5) is 4.39 Å². The maximum Gasteiger partial charge on any atom is 0.102 e. The highest BCUT2D eigenvalue weighted by Gasteiger charge is 2.00. The highest BCUT2D eigenvalue weighted by Crippen LogP contribution is 1.98. The summed E-state index contributed by atoms with van der Waals surface area (Å²) in [6.07, 6.45) is 0. The fourth-order valence-corrected chi connectivity index (χ4v) is 1.16. The van der Waals surface area contributed by atoms with Crippen molar-refractivity contribution < 1.29 is 4.39 Å². The normalized spacial score (nSPS) is 14.3. The molecule has 0 saturated carbocycles. The van der Waals surface area contributed by atoms with Crippen molar-refractivity contribution in [3.05, 3.63) is 0 Å². The van der Waals surface area contributed by atoms with Gasteiger partial charge in [-0.05, 0) is 7.05 Å². The monoisotopic (exact) mass is 197 g/mol. The van der Waals surface area contributed by atoms with Crippen molar-refractivity contribution in [3.63, 3.8) is 0 Å². The Kier molecular flexibility index (Phi) is 5.39. The quantitative estimate of drug-likeness (QED) is 0.621. The Morgan fingerprint density at radius 1 is 1.67 bits per heavy atom. The van der Waals surface area contributed by atoms with Crippen LogP contribution in [0.5, 0.6) is 0 Å². The second-order valence-electron chi connectivity index (χ2n) is 2.23. The molecule has 1 nitrogen and oxygen atoms in total. The van der Waals surface area contributed by atoms with Gasteiger partial charge in [-0.25, -0.2) is 4.39 Å². The Labute approximate surface area is 64.4 Å². The molecule has 0 saturated heterocycles. The number of nitrogens with zero attached hydrogens (tertiary/aromatic N) is 1. The molecular formula is C6H13BrFN. The zero-order valence-electron chi connectivity index (χ0n) is 5.90. The Morgan fingerprint density at radius 3 is 2.56 bits per heavy atom. The maximum atomic E-state index is 11.6. The summed E-state index contributed by atoms with van der Waals surface area (Å²) in [6, 6.07) is 0. The fourth-order valence-electron chi connectivity index (χ4n) is 0.665. The van der Waals surface area contributed by atoms with E-state index >= 15 is 0 Å². The van der Waals surface area contributed by atoms with E-state index in [4.69, 9.17) is 0 Å². The van der Waals surface area contributed by atoms with E-state index in [9.17, 15) is 4.39 Å². The van der Waals surface area contributed by atoms with Gasteiger partial charge in [0.05, 0.1) is 0 Å². The van der Waals surface area contributed by atoms with Crippen LogP contribution < -0.4 is 0 Å². The zero-order chi connectivity index (χ0) is 7.28. The minimum Gasteiger partial charge on any atom is -0.303 e. The van der Waals surface area contributed by atoms with Crippen LogP contribution in [-0.2, 0) is 0 Å². The van der Waals surface area contributed by atoms with Crippen molar-refractivity contribution in [1.82, 2.24) is 4.90 Å². The number of halogens is 2. The Bertz CT molecular complexity index is 68.1. The highest BCUT2D eigenvalue weighted by molar-refractivity contribution is 9.09. The Balaban J connectivity index is 3.15. The summed E-state index contributed by atoms with van der Waals surface area (Å²) in [4.78, 5) is 2.41. The predicted molar refractivity (Wildman–Crippen MR) is 41.9 cm³/mol. The third-order valence-electron chi connectivity index (χ3n) is 1.03. The molecule has 3 heteroatoms. The van der Waals surface area contributed by atoms with Gasteiger partial charge in [0.2, 0.25) is 0 Å². The van der Waals surface area contributed by atoms with Gasteiger partial charge in [-0.1, -0.05) is 22.9 Å². The lowest BCUT2D eigenvalue weighted by Crippen LogP contribution is -2.26. The maximum absolute atomic E-state index is 11.6. The summed E-state index contributed by atoms with van der Waals surface area (Å²) < 4.78 is 11.6. The SMILES string of the molecule is CC(Br)CN(C)CCF. The van der Waals surface area contributed by atoms with E-state index in [0.29, 0.717) is 11.4 Å². The first-order chi connectivity index (χ1) is 4.16. The molecule has 0 N–H and O–H groups in total. The van der Waals surface area contributed by atoms with Gasteiger partial charge in [0.1, 0.15) is 6.67 Å². The van der Waals surface area contributed by atoms with Gasteiger partial charge in [0.15, 0.2) is 0 Å². The molecule has 0 heterocycles. The van der Waals surface area contributed by atoms with E-state index in [1.54, 1.807) is 0 Å². The van der Waals surface area contributed by atoms with E-state index in [2.05, 4.69) is 22.9 Å². The molecule has 1 atom stereocenters. The molecule has 0 amide bonds. The van der Waals surface area contributed by atoms with Crippen LogP contribution in [0, 0.1) is 0 Å². The Morgan fingerprint density at radius 2 is 2.22 bits per heavy atom. The van der Waals surface area contributed by atoms with Crippen molar-refractivity contribution in [3.8, 4) is 0 Å². The molecule has 0 aliphatic carbocycles. The van der Waals surface area contributed by atoms with E-state index in [1.807, 2.05) is 11.9 Å². The van der Waals surface area contributed by atoms with E-state index < -0.39 is 0 Å². The second-order valence-corrected chi connectivity index (χ2v) is 3.80. The molecule has 0 radical (unpaired) electrons. The average Bonchev–Trinajstić information content (AvgIpc) is 1.63. The zero-order valence-corrected chi connectivity index (χ0v) is 7.49. The molecule has 0 aromatic carbocycles. The molecule has 0 fully saturated rings. The minimum atomic E-state index is -0.254. The van der Waals surface area contributed by atoms with Gasteiger partial charge in [0.25, 0.3) is 0 Å². The molecule has 0 bridgehead atoms. The molecule has 0 spiro atoms. The second kappa shape index (κ2) is 5.18. The van der Waals surface area contributed by atoms with Crippen LogP contribution in [0.2, 0.25) is 0 Å².